The van der Waals surface area contributed by atoms with Gasteiger partial charge in [0.2, 0.25) is 10.0 Å². The van der Waals surface area contributed by atoms with Crippen LogP contribution in [-0.4, -0.2) is 28.6 Å². The number of ether oxygens (including phenoxy) is 1. The van der Waals surface area contributed by atoms with Crippen LogP contribution in [-0.2, 0) is 16.4 Å². The maximum Gasteiger partial charge on any atom is 0.244 e. The van der Waals surface area contributed by atoms with Crippen molar-refractivity contribution in [3.63, 3.8) is 0 Å². The third kappa shape index (κ3) is 4.03. The number of fused-ring (bicyclic) bond motifs is 1. The molecule has 7 heteroatoms. The fourth-order valence-corrected chi connectivity index (χ4v) is 5.92. The van der Waals surface area contributed by atoms with Crippen LogP contribution in [0.3, 0.4) is 0 Å². The number of benzene rings is 2. The predicted octanol–water partition coefficient (Wildman–Crippen LogP) is 4.15. The van der Waals surface area contributed by atoms with E-state index in [2.05, 4.69) is 33.9 Å². The van der Waals surface area contributed by atoms with Gasteiger partial charge in [0.05, 0.1) is 13.2 Å². The monoisotopic (exact) mass is 428 g/mol. The number of hydrogen-bond donors (Lipinski definition) is 1. The first-order chi connectivity index (χ1) is 14.0. The van der Waals surface area contributed by atoms with Crippen molar-refractivity contribution in [1.82, 2.24) is 4.72 Å². The molecule has 2 aromatic carbocycles. The second-order valence-corrected chi connectivity index (χ2v) is 9.82. The topological polar surface area (TPSA) is 58.6 Å². The summed E-state index contributed by atoms with van der Waals surface area (Å²) in [5.41, 5.74) is 3.35. The molecule has 4 rings (SSSR count). The number of nitrogens with one attached hydrogen (secondary N) is 1. The highest BCUT2D eigenvalue weighted by atomic mass is 32.2. The van der Waals surface area contributed by atoms with E-state index in [0.29, 0.717) is 5.75 Å². The first kappa shape index (κ1) is 19.9. The van der Waals surface area contributed by atoms with Crippen LogP contribution in [0.2, 0.25) is 0 Å². The summed E-state index contributed by atoms with van der Waals surface area (Å²) in [7, 11) is -2.23. The molecule has 1 aliphatic rings. The lowest BCUT2D eigenvalue weighted by atomic mass is 10.1. The highest BCUT2D eigenvalue weighted by Gasteiger charge is 2.29. The minimum absolute atomic E-state index is 0.0655. The molecule has 1 unspecified atom stereocenters. The van der Waals surface area contributed by atoms with Crippen molar-refractivity contribution < 1.29 is 13.2 Å². The fraction of sp³-hybridized carbons (Fsp3) is 0.273. The van der Waals surface area contributed by atoms with Crippen LogP contribution in [0, 0.1) is 6.92 Å². The first-order valence-corrected chi connectivity index (χ1v) is 11.9. The number of para-hydroxylation sites is 1. The number of sulfonamides is 1. The second-order valence-electron chi connectivity index (χ2n) is 7.11. The molecule has 1 aromatic heterocycles. The maximum absolute atomic E-state index is 13.1. The molecule has 152 valence electrons. The number of nitrogens with zero attached hydrogens (tertiary/aromatic N) is 1. The Bertz CT molecular complexity index is 1100. The summed E-state index contributed by atoms with van der Waals surface area (Å²) < 4.78 is 34.3. The molecule has 0 saturated heterocycles. The minimum Gasteiger partial charge on any atom is -0.495 e. The number of anilines is 1. The number of thiophene rings is 1. The molecule has 2 heterocycles. The van der Waals surface area contributed by atoms with Crippen molar-refractivity contribution in [2.45, 2.75) is 24.3 Å². The van der Waals surface area contributed by atoms with Crippen LogP contribution < -0.4 is 14.4 Å². The van der Waals surface area contributed by atoms with Gasteiger partial charge >= 0.3 is 0 Å². The van der Waals surface area contributed by atoms with Crippen LogP contribution >= 0.6 is 11.3 Å². The van der Waals surface area contributed by atoms with E-state index in [9.17, 15) is 8.42 Å². The molecular weight excluding hydrogens is 404 g/mol. The summed E-state index contributed by atoms with van der Waals surface area (Å²) >= 11 is 1.65. The van der Waals surface area contributed by atoms with Gasteiger partial charge in [0.25, 0.3) is 0 Å². The van der Waals surface area contributed by atoms with Crippen LogP contribution in [0.5, 0.6) is 5.75 Å². The zero-order valence-electron chi connectivity index (χ0n) is 16.5. The van der Waals surface area contributed by atoms with Gasteiger partial charge in [-0.3, -0.25) is 0 Å². The third-order valence-electron chi connectivity index (χ3n) is 5.25. The van der Waals surface area contributed by atoms with Crippen LogP contribution in [0.1, 0.15) is 22.0 Å². The second kappa shape index (κ2) is 8.18. The van der Waals surface area contributed by atoms with E-state index < -0.39 is 10.0 Å². The molecule has 1 N–H and O–H groups in total. The molecule has 0 bridgehead atoms. The molecule has 1 atom stereocenters. The predicted molar refractivity (Wildman–Crippen MR) is 117 cm³/mol. The number of methoxy groups -OCH3 is 1. The molecule has 0 aliphatic carbocycles. The van der Waals surface area contributed by atoms with E-state index in [1.807, 2.05) is 30.5 Å². The largest absolute Gasteiger partial charge is 0.495 e. The third-order valence-corrected chi connectivity index (χ3v) is 7.66. The Morgan fingerprint density at radius 1 is 1.17 bits per heavy atom. The van der Waals surface area contributed by atoms with E-state index in [-0.39, 0.29) is 17.5 Å². The Kier molecular flexibility index (Phi) is 5.63. The van der Waals surface area contributed by atoms with Crippen molar-refractivity contribution >= 4 is 27.0 Å². The van der Waals surface area contributed by atoms with Gasteiger partial charge in [0.1, 0.15) is 10.6 Å². The van der Waals surface area contributed by atoms with Crippen LogP contribution in [0.4, 0.5) is 5.69 Å². The van der Waals surface area contributed by atoms with Crippen molar-refractivity contribution in [1.29, 1.82) is 0 Å². The normalized spacial score (nSPS) is 14.6. The molecule has 0 fully saturated rings. The summed E-state index contributed by atoms with van der Waals surface area (Å²) in [5, 5.41) is 2.03. The van der Waals surface area contributed by atoms with Crippen LogP contribution in [0.15, 0.2) is 64.9 Å². The van der Waals surface area contributed by atoms with Crippen LogP contribution in [0.25, 0.3) is 0 Å². The lowest BCUT2D eigenvalue weighted by molar-refractivity contribution is 0.402. The minimum atomic E-state index is -3.72. The number of hydrogen-bond acceptors (Lipinski definition) is 5. The van der Waals surface area contributed by atoms with Gasteiger partial charge in [-0.1, -0.05) is 30.3 Å². The van der Waals surface area contributed by atoms with E-state index in [0.717, 1.165) is 23.4 Å². The fourth-order valence-electron chi connectivity index (χ4n) is 3.79. The number of rotatable bonds is 7. The Labute approximate surface area is 176 Å². The zero-order valence-corrected chi connectivity index (χ0v) is 18.1. The van der Waals surface area contributed by atoms with E-state index in [4.69, 9.17) is 4.74 Å². The van der Waals surface area contributed by atoms with Crippen molar-refractivity contribution in [3.05, 3.63) is 76.0 Å². The van der Waals surface area contributed by atoms with Gasteiger partial charge in [-0.15, -0.1) is 11.3 Å². The average Bonchev–Trinajstić information content (AvgIpc) is 3.39. The quantitative estimate of drug-likeness (QED) is 0.614. The van der Waals surface area contributed by atoms with Gasteiger partial charge in [0.15, 0.2) is 0 Å². The molecule has 5 nitrogen and oxygen atoms in total. The number of aryl methyl sites for hydroxylation is 1. The van der Waals surface area contributed by atoms with Gasteiger partial charge < -0.3 is 9.64 Å². The summed E-state index contributed by atoms with van der Waals surface area (Å²) in [6.45, 7) is 3.03. The molecule has 0 amide bonds. The highest BCUT2D eigenvalue weighted by Crippen LogP contribution is 2.36. The maximum atomic E-state index is 13.1. The average molecular weight is 429 g/mol. The Hall–Kier alpha value is -2.35. The van der Waals surface area contributed by atoms with Gasteiger partial charge in [-0.2, -0.15) is 0 Å². The molecule has 3 aromatic rings. The Morgan fingerprint density at radius 3 is 2.76 bits per heavy atom. The van der Waals surface area contributed by atoms with E-state index >= 15 is 0 Å². The van der Waals surface area contributed by atoms with Crippen molar-refractivity contribution in [2.24, 2.45) is 0 Å². The molecular formula is C22H24N2O3S2. The van der Waals surface area contributed by atoms with Crippen molar-refractivity contribution in [3.8, 4) is 5.75 Å². The Balaban J connectivity index is 1.63. The summed E-state index contributed by atoms with van der Waals surface area (Å²) in [6.07, 6.45) is 0.969. The van der Waals surface area contributed by atoms with E-state index in [1.54, 1.807) is 23.5 Å². The standard InChI is InChI=1S/C22H24N2O3S2/c1-16-9-10-20(27-2)22(14-16)29(25,26)23-15-19(21-8-5-13-28-21)24-12-11-17-6-3-4-7-18(17)24/h3-10,13-14,19,23H,11-12,15H2,1-2H3. The molecule has 1 aliphatic heterocycles. The summed E-state index contributed by atoms with van der Waals surface area (Å²) in [6, 6.07) is 17.5. The van der Waals surface area contributed by atoms with E-state index in [1.165, 1.54) is 18.4 Å². The van der Waals surface area contributed by atoms with Gasteiger partial charge in [-0.05, 0) is 54.1 Å². The SMILES string of the molecule is COc1ccc(C)cc1S(=O)(=O)NCC(c1cccs1)N1CCc2ccccc21. The zero-order chi connectivity index (χ0) is 20.4. The molecule has 0 radical (unpaired) electrons. The van der Waals surface area contributed by atoms with Crippen molar-refractivity contribution in [2.75, 3.05) is 25.1 Å². The van der Waals surface area contributed by atoms with Gasteiger partial charge in [0, 0.05) is 23.7 Å². The van der Waals surface area contributed by atoms with Gasteiger partial charge in [-0.25, -0.2) is 13.1 Å². The molecule has 0 saturated carbocycles. The Morgan fingerprint density at radius 2 is 2.00 bits per heavy atom. The molecule has 0 spiro atoms. The summed E-state index contributed by atoms with van der Waals surface area (Å²) in [4.78, 5) is 3.62. The lowest BCUT2D eigenvalue weighted by Crippen LogP contribution is -2.37. The smallest absolute Gasteiger partial charge is 0.244 e. The summed E-state index contributed by atoms with van der Waals surface area (Å²) in [5.74, 6) is 0.349. The highest BCUT2D eigenvalue weighted by molar-refractivity contribution is 7.89. The molecule has 29 heavy (non-hydrogen) atoms. The lowest BCUT2D eigenvalue weighted by Gasteiger charge is -2.30. The first-order valence-electron chi connectivity index (χ1n) is 9.52.